The SMILES string of the molecule is O=c1cc(CO)[nH]cc1OCCCO. The summed E-state index contributed by atoms with van der Waals surface area (Å²) in [6.45, 7) is 0.136. The van der Waals surface area contributed by atoms with Crippen LogP contribution in [0.15, 0.2) is 17.1 Å². The molecule has 5 nitrogen and oxygen atoms in total. The number of aromatic amines is 1. The number of aromatic nitrogens is 1. The van der Waals surface area contributed by atoms with Gasteiger partial charge in [0.25, 0.3) is 0 Å². The first kappa shape index (κ1) is 10.7. The maximum absolute atomic E-state index is 11.3. The van der Waals surface area contributed by atoms with Gasteiger partial charge in [-0.15, -0.1) is 0 Å². The van der Waals surface area contributed by atoms with Gasteiger partial charge in [0.1, 0.15) is 0 Å². The van der Waals surface area contributed by atoms with Crippen molar-refractivity contribution in [1.82, 2.24) is 4.98 Å². The van der Waals surface area contributed by atoms with Crippen LogP contribution in [0.1, 0.15) is 12.1 Å². The lowest BCUT2D eigenvalue weighted by molar-refractivity contribution is 0.231. The Bertz CT molecular complexity index is 334. The molecule has 0 aromatic carbocycles. The van der Waals surface area contributed by atoms with Crippen LogP contribution in [0.25, 0.3) is 0 Å². The Balaban J connectivity index is 2.64. The molecule has 0 aliphatic rings. The number of aliphatic hydroxyl groups excluding tert-OH is 2. The summed E-state index contributed by atoms with van der Waals surface area (Å²) < 4.78 is 5.09. The number of rotatable bonds is 5. The zero-order valence-corrected chi connectivity index (χ0v) is 7.69. The van der Waals surface area contributed by atoms with Crippen LogP contribution in [0.4, 0.5) is 0 Å². The van der Waals surface area contributed by atoms with Crippen LogP contribution in [-0.2, 0) is 6.61 Å². The zero-order valence-electron chi connectivity index (χ0n) is 7.69. The van der Waals surface area contributed by atoms with E-state index in [0.717, 1.165) is 0 Å². The van der Waals surface area contributed by atoms with E-state index in [1.807, 2.05) is 0 Å². The van der Waals surface area contributed by atoms with E-state index in [1.165, 1.54) is 12.3 Å². The van der Waals surface area contributed by atoms with Crippen molar-refractivity contribution in [3.63, 3.8) is 0 Å². The van der Waals surface area contributed by atoms with Crippen molar-refractivity contribution in [3.8, 4) is 5.75 Å². The largest absolute Gasteiger partial charge is 0.488 e. The average Bonchev–Trinajstić information content (AvgIpc) is 2.20. The first-order valence-corrected chi connectivity index (χ1v) is 4.34. The highest BCUT2D eigenvalue weighted by molar-refractivity contribution is 5.19. The van der Waals surface area contributed by atoms with Gasteiger partial charge >= 0.3 is 0 Å². The molecular weight excluding hydrogens is 186 g/mol. The van der Waals surface area contributed by atoms with Crippen LogP contribution >= 0.6 is 0 Å². The van der Waals surface area contributed by atoms with Crippen LogP contribution in [0.5, 0.6) is 5.75 Å². The van der Waals surface area contributed by atoms with Crippen LogP contribution in [0.2, 0.25) is 0 Å². The smallest absolute Gasteiger partial charge is 0.223 e. The fraction of sp³-hybridized carbons (Fsp3) is 0.444. The highest BCUT2D eigenvalue weighted by Gasteiger charge is 2.01. The Morgan fingerprint density at radius 3 is 2.79 bits per heavy atom. The van der Waals surface area contributed by atoms with E-state index in [2.05, 4.69) is 4.98 Å². The van der Waals surface area contributed by atoms with Gasteiger partial charge in [0.2, 0.25) is 5.43 Å². The van der Waals surface area contributed by atoms with Gasteiger partial charge in [-0.2, -0.15) is 0 Å². The maximum Gasteiger partial charge on any atom is 0.223 e. The molecule has 0 bridgehead atoms. The summed E-state index contributed by atoms with van der Waals surface area (Å²) >= 11 is 0. The van der Waals surface area contributed by atoms with Crippen molar-refractivity contribution < 1.29 is 14.9 Å². The summed E-state index contributed by atoms with van der Waals surface area (Å²) in [4.78, 5) is 14.0. The van der Waals surface area contributed by atoms with E-state index in [0.29, 0.717) is 18.7 Å². The average molecular weight is 199 g/mol. The molecule has 0 saturated heterocycles. The fourth-order valence-corrected chi connectivity index (χ4v) is 0.951. The summed E-state index contributed by atoms with van der Waals surface area (Å²) in [5.74, 6) is 0.204. The molecule has 14 heavy (non-hydrogen) atoms. The maximum atomic E-state index is 11.3. The van der Waals surface area contributed by atoms with Gasteiger partial charge in [0, 0.05) is 31.0 Å². The van der Waals surface area contributed by atoms with Crippen molar-refractivity contribution in [1.29, 1.82) is 0 Å². The van der Waals surface area contributed by atoms with E-state index in [1.54, 1.807) is 0 Å². The summed E-state index contributed by atoms with van der Waals surface area (Å²) in [6, 6.07) is 1.29. The number of hydrogen-bond acceptors (Lipinski definition) is 4. The molecule has 0 aliphatic heterocycles. The lowest BCUT2D eigenvalue weighted by atomic mass is 10.3. The van der Waals surface area contributed by atoms with E-state index < -0.39 is 0 Å². The van der Waals surface area contributed by atoms with Gasteiger partial charge in [-0.1, -0.05) is 0 Å². The third-order valence-corrected chi connectivity index (χ3v) is 1.67. The molecule has 78 valence electrons. The van der Waals surface area contributed by atoms with E-state index in [9.17, 15) is 4.79 Å². The molecule has 0 saturated carbocycles. The number of pyridine rings is 1. The topological polar surface area (TPSA) is 82.5 Å². The van der Waals surface area contributed by atoms with Gasteiger partial charge in [-0.25, -0.2) is 0 Å². The van der Waals surface area contributed by atoms with Crippen molar-refractivity contribution in [2.75, 3.05) is 13.2 Å². The minimum Gasteiger partial charge on any atom is -0.488 e. The van der Waals surface area contributed by atoms with Crippen molar-refractivity contribution in [2.45, 2.75) is 13.0 Å². The molecule has 0 fully saturated rings. The molecule has 1 heterocycles. The zero-order chi connectivity index (χ0) is 10.4. The minimum atomic E-state index is -0.272. The van der Waals surface area contributed by atoms with Crippen LogP contribution in [-0.4, -0.2) is 28.4 Å². The molecule has 5 heteroatoms. The fourth-order valence-electron chi connectivity index (χ4n) is 0.951. The molecule has 0 spiro atoms. The molecule has 1 rings (SSSR count). The number of H-pyrrole nitrogens is 1. The summed E-state index contributed by atoms with van der Waals surface area (Å²) in [7, 11) is 0. The predicted octanol–water partition coefficient (Wildman–Crippen LogP) is -0.372. The Morgan fingerprint density at radius 1 is 1.43 bits per heavy atom. The lowest BCUT2D eigenvalue weighted by Crippen LogP contribution is -2.11. The summed E-state index contributed by atoms with van der Waals surface area (Å²) in [6.07, 6.45) is 1.90. The Kier molecular flexibility index (Phi) is 4.15. The van der Waals surface area contributed by atoms with E-state index >= 15 is 0 Å². The number of nitrogens with one attached hydrogen (secondary N) is 1. The molecule has 0 unspecified atom stereocenters. The second-order valence-electron chi connectivity index (χ2n) is 2.77. The van der Waals surface area contributed by atoms with E-state index in [4.69, 9.17) is 14.9 Å². The highest BCUT2D eigenvalue weighted by atomic mass is 16.5. The van der Waals surface area contributed by atoms with E-state index in [-0.39, 0.29) is 24.4 Å². The normalized spacial score (nSPS) is 10.1. The summed E-state index contributed by atoms with van der Waals surface area (Å²) in [5, 5.41) is 17.2. The van der Waals surface area contributed by atoms with Gasteiger partial charge in [0.15, 0.2) is 5.75 Å². The molecular formula is C9H13NO4. The van der Waals surface area contributed by atoms with Gasteiger partial charge in [0.05, 0.1) is 13.2 Å². The van der Waals surface area contributed by atoms with Gasteiger partial charge < -0.3 is 19.9 Å². The van der Waals surface area contributed by atoms with Gasteiger partial charge in [-0.05, 0) is 0 Å². The predicted molar refractivity (Wildman–Crippen MR) is 50.2 cm³/mol. The number of hydrogen-bond donors (Lipinski definition) is 3. The minimum absolute atomic E-state index is 0.0344. The van der Waals surface area contributed by atoms with Crippen molar-refractivity contribution >= 4 is 0 Å². The Morgan fingerprint density at radius 2 is 2.21 bits per heavy atom. The van der Waals surface area contributed by atoms with Crippen LogP contribution in [0, 0.1) is 0 Å². The molecule has 0 aliphatic carbocycles. The van der Waals surface area contributed by atoms with Gasteiger partial charge in [-0.3, -0.25) is 4.79 Å². The third kappa shape index (κ3) is 2.86. The lowest BCUT2D eigenvalue weighted by Gasteiger charge is -2.04. The van der Waals surface area contributed by atoms with Crippen molar-refractivity contribution in [3.05, 3.63) is 28.2 Å². The molecule has 1 aromatic heterocycles. The first-order valence-electron chi connectivity index (χ1n) is 4.34. The highest BCUT2D eigenvalue weighted by Crippen LogP contribution is 2.02. The molecule has 0 atom stereocenters. The van der Waals surface area contributed by atoms with Crippen LogP contribution in [0.3, 0.4) is 0 Å². The standard InChI is InChI=1S/C9H13NO4/c11-2-1-3-14-9-5-10-7(6-12)4-8(9)13/h4-5,11-12H,1-3,6H2,(H,10,13). The Labute approximate surface area is 81.0 Å². The van der Waals surface area contributed by atoms with Crippen LogP contribution < -0.4 is 10.2 Å². The number of ether oxygens (including phenoxy) is 1. The number of aliphatic hydroxyl groups is 2. The second kappa shape index (κ2) is 5.41. The molecule has 0 amide bonds. The second-order valence-corrected chi connectivity index (χ2v) is 2.77. The third-order valence-electron chi connectivity index (χ3n) is 1.67. The molecule has 0 radical (unpaired) electrons. The first-order chi connectivity index (χ1) is 6.77. The Hall–Kier alpha value is -1.33. The molecule has 3 N–H and O–H groups in total. The van der Waals surface area contributed by atoms with Crippen molar-refractivity contribution in [2.24, 2.45) is 0 Å². The summed E-state index contributed by atoms with van der Waals surface area (Å²) in [5.41, 5.74) is 0.176. The monoisotopic (exact) mass is 199 g/mol. The quantitative estimate of drug-likeness (QED) is 0.565. The molecule has 1 aromatic rings.